The molecule has 0 atom stereocenters. The molecule has 0 spiro atoms. The van der Waals surface area contributed by atoms with Crippen LogP contribution in [0.25, 0.3) is 44.0 Å². The van der Waals surface area contributed by atoms with Crippen molar-refractivity contribution in [2.45, 2.75) is 44.9 Å². The van der Waals surface area contributed by atoms with E-state index in [1.54, 1.807) is 21.8 Å². The maximum Gasteiger partial charge on any atom is 0.305 e. The van der Waals surface area contributed by atoms with Gasteiger partial charge in [0.2, 0.25) is 0 Å². The molecule has 7 heteroatoms. The predicted molar refractivity (Wildman–Crippen MR) is 170 cm³/mol. The first-order valence-electron chi connectivity index (χ1n) is 15.0. The summed E-state index contributed by atoms with van der Waals surface area (Å²) >= 11 is 0. The Bertz CT molecular complexity index is 1910. The summed E-state index contributed by atoms with van der Waals surface area (Å²) in [5.74, 6) is 1.37. The third-order valence-corrected chi connectivity index (χ3v) is 8.16. The first-order chi connectivity index (χ1) is 21.2. The molecule has 0 saturated heterocycles. The van der Waals surface area contributed by atoms with E-state index in [1.165, 1.54) is 37.9 Å². The van der Waals surface area contributed by atoms with E-state index < -0.39 is 0 Å². The van der Waals surface area contributed by atoms with Gasteiger partial charge in [-0.2, -0.15) is 10.2 Å². The third kappa shape index (κ3) is 5.71. The van der Waals surface area contributed by atoms with Crippen LogP contribution in [0.5, 0.6) is 0 Å². The molecule has 7 aromatic rings. The van der Waals surface area contributed by atoms with Gasteiger partial charge in [-0.25, -0.2) is 14.3 Å². The fourth-order valence-corrected chi connectivity index (χ4v) is 6.03. The van der Waals surface area contributed by atoms with Crippen LogP contribution >= 0.6 is 0 Å². The average molecular weight is 568 g/mol. The summed E-state index contributed by atoms with van der Waals surface area (Å²) in [5, 5.41) is 16.6. The standard InChI is InChI=1S/C36H33N5O2/c42-34(12-2-1-8-26-24-32(40-21-6-19-37-40)39-33(25-26)41-22-7-20-38-41)43-23-4-3-9-27-13-14-30-16-15-28-10-5-11-29-17-18-31(27)36(30)35(28)29/h5-7,10-11,13-22,24-25H,1-4,8-9,12,23H2. The van der Waals surface area contributed by atoms with E-state index in [-0.39, 0.29) is 5.97 Å². The van der Waals surface area contributed by atoms with E-state index in [0.29, 0.717) is 13.0 Å². The fourth-order valence-electron chi connectivity index (χ4n) is 6.03. The molecule has 43 heavy (non-hydrogen) atoms. The van der Waals surface area contributed by atoms with Crippen molar-refractivity contribution in [3.05, 3.63) is 115 Å². The monoisotopic (exact) mass is 567 g/mol. The lowest BCUT2D eigenvalue weighted by Gasteiger charge is -2.14. The van der Waals surface area contributed by atoms with Gasteiger partial charge in [0.25, 0.3) is 0 Å². The maximum atomic E-state index is 12.4. The van der Waals surface area contributed by atoms with Crippen molar-refractivity contribution in [3.8, 4) is 11.6 Å². The summed E-state index contributed by atoms with van der Waals surface area (Å²) < 4.78 is 9.07. The number of benzene rings is 4. The van der Waals surface area contributed by atoms with Crippen LogP contribution in [-0.4, -0.2) is 37.1 Å². The Morgan fingerprint density at radius 2 is 1.33 bits per heavy atom. The molecule has 0 saturated carbocycles. The van der Waals surface area contributed by atoms with E-state index in [2.05, 4.69) is 64.8 Å². The van der Waals surface area contributed by atoms with Gasteiger partial charge in [0.05, 0.1) is 6.61 Å². The average Bonchev–Trinajstić information content (AvgIpc) is 3.78. The molecule has 3 aromatic heterocycles. The van der Waals surface area contributed by atoms with Gasteiger partial charge >= 0.3 is 5.97 Å². The smallest absolute Gasteiger partial charge is 0.305 e. The largest absolute Gasteiger partial charge is 0.466 e. The summed E-state index contributed by atoms with van der Waals surface area (Å²) in [7, 11) is 0. The summed E-state index contributed by atoms with van der Waals surface area (Å²) in [5.41, 5.74) is 2.49. The van der Waals surface area contributed by atoms with Crippen LogP contribution in [0.2, 0.25) is 0 Å². The second-order valence-electron chi connectivity index (χ2n) is 11.1. The number of pyridine rings is 1. The molecule has 214 valence electrons. The highest BCUT2D eigenvalue weighted by Crippen LogP contribution is 2.36. The molecule has 0 radical (unpaired) electrons. The highest BCUT2D eigenvalue weighted by molar-refractivity contribution is 6.23. The topological polar surface area (TPSA) is 74.8 Å². The Kier molecular flexibility index (Phi) is 7.52. The molecule has 0 unspecified atom stereocenters. The van der Waals surface area contributed by atoms with E-state index >= 15 is 0 Å². The number of carbonyl (C=O) groups is 1. The lowest BCUT2D eigenvalue weighted by atomic mass is 9.91. The number of esters is 1. The van der Waals surface area contributed by atoms with Gasteiger partial charge < -0.3 is 4.74 Å². The Balaban J connectivity index is 0.884. The number of unbranched alkanes of at least 4 members (excludes halogenated alkanes) is 2. The number of rotatable bonds is 12. The molecule has 3 heterocycles. The van der Waals surface area contributed by atoms with Gasteiger partial charge in [-0.05, 0) is 106 Å². The molecule has 0 aliphatic carbocycles. The third-order valence-electron chi connectivity index (χ3n) is 8.16. The van der Waals surface area contributed by atoms with Crippen molar-refractivity contribution < 1.29 is 9.53 Å². The zero-order chi connectivity index (χ0) is 29.0. The van der Waals surface area contributed by atoms with Gasteiger partial charge in [0, 0.05) is 31.2 Å². The van der Waals surface area contributed by atoms with Crippen LogP contribution in [0, 0.1) is 0 Å². The fraction of sp³-hybridized carbons (Fsp3) is 0.222. The quantitative estimate of drug-likeness (QED) is 0.0862. The lowest BCUT2D eigenvalue weighted by Crippen LogP contribution is -2.07. The van der Waals surface area contributed by atoms with Crippen molar-refractivity contribution in [2.75, 3.05) is 6.61 Å². The SMILES string of the molecule is O=C(CCCCc1cc(-n2cccn2)nc(-n2cccn2)c1)OCCCCc1ccc2ccc3cccc4ccc1c2c34. The summed E-state index contributed by atoms with van der Waals surface area (Å²) in [6, 6.07) is 27.8. The summed E-state index contributed by atoms with van der Waals surface area (Å²) in [4.78, 5) is 17.1. The maximum absolute atomic E-state index is 12.4. The first-order valence-corrected chi connectivity index (χ1v) is 15.0. The Hall–Kier alpha value is -5.04. The first kappa shape index (κ1) is 26.8. The van der Waals surface area contributed by atoms with Crippen LogP contribution in [0.1, 0.15) is 43.2 Å². The van der Waals surface area contributed by atoms with Crippen LogP contribution in [0.4, 0.5) is 0 Å². The number of aromatic nitrogens is 5. The van der Waals surface area contributed by atoms with Crippen molar-refractivity contribution in [2.24, 2.45) is 0 Å². The van der Waals surface area contributed by atoms with E-state index in [4.69, 9.17) is 9.72 Å². The molecule has 0 amide bonds. The zero-order valence-corrected chi connectivity index (χ0v) is 24.0. The van der Waals surface area contributed by atoms with Gasteiger partial charge in [-0.15, -0.1) is 0 Å². The Morgan fingerprint density at radius 1 is 0.674 bits per heavy atom. The minimum absolute atomic E-state index is 0.119. The van der Waals surface area contributed by atoms with Crippen LogP contribution in [-0.2, 0) is 22.4 Å². The number of ether oxygens (including phenoxy) is 1. The Morgan fingerprint density at radius 3 is 2.02 bits per heavy atom. The molecular formula is C36H33N5O2. The minimum Gasteiger partial charge on any atom is -0.466 e. The molecule has 0 aliphatic heterocycles. The van der Waals surface area contributed by atoms with Crippen molar-refractivity contribution in [1.29, 1.82) is 0 Å². The molecule has 0 bridgehead atoms. The molecular weight excluding hydrogens is 534 g/mol. The highest BCUT2D eigenvalue weighted by Gasteiger charge is 2.11. The van der Waals surface area contributed by atoms with Crippen LogP contribution in [0.3, 0.4) is 0 Å². The normalized spacial score (nSPS) is 11.6. The molecule has 0 aliphatic rings. The van der Waals surface area contributed by atoms with Crippen molar-refractivity contribution in [3.63, 3.8) is 0 Å². The van der Waals surface area contributed by atoms with Crippen LogP contribution in [0.15, 0.2) is 104 Å². The Labute approximate surface area is 250 Å². The number of carbonyl (C=O) groups excluding carboxylic acids is 1. The predicted octanol–water partition coefficient (Wildman–Crippen LogP) is 7.63. The lowest BCUT2D eigenvalue weighted by molar-refractivity contribution is -0.143. The van der Waals surface area contributed by atoms with Gasteiger partial charge in [0.1, 0.15) is 0 Å². The number of nitrogens with zero attached hydrogens (tertiary/aromatic N) is 5. The molecule has 0 N–H and O–H groups in total. The van der Waals surface area contributed by atoms with Crippen molar-refractivity contribution in [1.82, 2.24) is 24.5 Å². The molecule has 7 nitrogen and oxygen atoms in total. The van der Waals surface area contributed by atoms with Crippen molar-refractivity contribution >= 4 is 38.3 Å². The van der Waals surface area contributed by atoms with E-state index in [0.717, 1.165) is 55.7 Å². The summed E-state index contributed by atoms with van der Waals surface area (Å²) in [6.07, 6.45) is 13.0. The van der Waals surface area contributed by atoms with Gasteiger partial charge in [-0.1, -0.05) is 54.6 Å². The van der Waals surface area contributed by atoms with Gasteiger partial charge in [0.15, 0.2) is 11.6 Å². The number of aryl methyl sites for hydroxylation is 2. The highest BCUT2D eigenvalue weighted by atomic mass is 16.5. The molecule has 4 aromatic carbocycles. The second-order valence-corrected chi connectivity index (χ2v) is 11.1. The molecule has 7 rings (SSSR count). The van der Waals surface area contributed by atoms with E-state index in [9.17, 15) is 4.79 Å². The van der Waals surface area contributed by atoms with E-state index in [1.807, 2.05) is 36.7 Å². The molecule has 0 fully saturated rings. The second kappa shape index (κ2) is 12.1. The summed E-state index contributed by atoms with van der Waals surface area (Å²) in [6.45, 7) is 0.468. The van der Waals surface area contributed by atoms with Gasteiger partial charge in [-0.3, -0.25) is 4.79 Å². The van der Waals surface area contributed by atoms with Crippen LogP contribution < -0.4 is 0 Å². The number of hydrogen-bond acceptors (Lipinski definition) is 5. The minimum atomic E-state index is -0.119. The number of hydrogen-bond donors (Lipinski definition) is 0. The zero-order valence-electron chi connectivity index (χ0n) is 24.0.